The van der Waals surface area contributed by atoms with Crippen LogP contribution in [0.1, 0.15) is 55.6 Å². The highest BCUT2D eigenvalue weighted by molar-refractivity contribution is 5.76. The molecule has 0 radical (unpaired) electrons. The van der Waals surface area contributed by atoms with Crippen molar-refractivity contribution in [2.24, 2.45) is 0 Å². The third-order valence-electron chi connectivity index (χ3n) is 4.74. The summed E-state index contributed by atoms with van der Waals surface area (Å²) in [6.45, 7) is 6.89. The smallest absolute Gasteiger partial charge is 0.220 e. The van der Waals surface area contributed by atoms with E-state index in [2.05, 4.69) is 28.6 Å². The maximum absolute atomic E-state index is 12.1. The lowest BCUT2D eigenvalue weighted by Gasteiger charge is -2.16. The van der Waals surface area contributed by atoms with Gasteiger partial charge in [0, 0.05) is 18.7 Å². The average Bonchev–Trinajstić information content (AvgIpc) is 3.22. The van der Waals surface area contributed by atoms with Gasteiger partial charge in [-0.15, -0.1) is 0 Å². The van der Waals surface area contributed by atoms with Crippen LogP contribution in [-0.2, 0) is 9.53 Å². The molecule has 1 saturated heterocycles. The fourth-order valence-corrected chi connectivity index (χ4v) is 3.36. The van der Waals surface area contributed by atoms with Gasteiger partial charge in [0.25, 0.3) is 0 Å². The highest BCUT2D eigenvalue weighted by Gasteiger charge is 2.17. The highest BCUT2D eigenvalue weighted by Crippen LogP contribution is 2.19. The Morgan fingerprint density at radius 1 is 1.36 bits per heavy atom. The molecule has 1 amide bonds. The molecule has 2 heterocycles. The highest BCUT2D eigenvalue weighted by atomic mass is 16.5. The molecule has 134 valence electrons. The van der Waals surface area contributed by atoms with Gasteiger partial charge in [-0.25, -0.2) is 4.68 Å². The molecule has 0 spiro atoms. The average molecular weight is 341 g/mol. The molecule has 25 heavy (non-hydrogen) atoms. The van der Waals surface area contributed by atoms with E-state index in [1.54, 1.807) is 0 Å². The van der Waals surface area contributed by atoms with Crippen LogP contribution < -0.4 is 5.32 Å². The molecule has 1 aliphatic rings. The molecule has 5 nitrogen and oxygen atoms in total. The topological polar surface area (TPSA) is 56.2 Å². The lowest BCUT2D eigenvalue weighted by molar-refractivity contribution is -0.122. The Labute approximate surface area is 149 Å². The third-order valence-corrected chi connectivity index (χ3v) is 4.74. The van der Waals surface area contributed by atoms with E-state index in [4.69, 9.17) is 4.74 Å². The van der Waals surface area contributed by atoms with Gasteiger partial charge in [0.15, 0.2) is 0 Å². The largest absolute Gasteiger partial charge is 0.378 e. The first-order valence-electron chi connectivity index (χ1n) is 9.07. The van der Waals surface area contributed by atoms with Gasteiger partial charge in [0.2, 0.25) is 5.91 Å². The molecule has 3 rings (SSSR count). The van der Waals surface area contributed by atoms with Crippen molar-refractivity contribution in [2.75, 3.05) is 6.61 Å². The SMILES string of the molecule is Cc1cc(C)n(-c2ccc(C(C)NC(=O)CCC3CCCO3)cc2)n1. The van der Waals surface area contributed by atoms with E-state index in [0.29, 0.717) is 6.42 Å². The van der Waals surface area contributed by atoms with Crippen LogP contribution in [-0.4, -0.2) is 28.4 Å². The van der Waals surface area contributed by atoms with E-state index < -0.39 is 0 Å². The normalized spacial score (nSPS) is 18.3. The monoisotopic (exact) mass is 341 g/mol. The van der Waals surface area contributed by atoms with E-state index in [1.807, 2.05) is 37.6 Å². The number of benzene rings is 1. The number of hydrogen-bond acceptors (Lipinski definition) is 3. The van der Waals surface area contributed by atoms with Crippen molar-refractivity contribution in [3.05, 3.63) is 47.3 Å². The predicted octanol–water partition coefficient (Wildman–Crippen LogP) is 3.63. The van der Waals surface area contributed by atoms with E-state index in [1.165, 1.54) is 0 Å². The molecule has 2 aromatic rings. The summed E-state index contributed by atoms with van der Waals surface area (Å²) in [6, 6.07) is 10.2. The molecule has 0 saturated carbocycles. The molecule has 1 N–H and O–H groups in total. The van der Waals surface area contributed by atoms with Gasteiger partial charge in [0.05, 0.1) is 23.5 Å². The van der Waals surface area contributed by atoms with Crippen LogP contribution in [0.25, 0.3) is 5.69 Å². The van der Waals surface area contributed by atoms with Crippen molar-refractivity contribution in [1.82, 2.24) is 15.1 Å². The predicted molar refractivity (Wildman–Crippen MR) is 97.8 cm³/mol. The van der Waals surface area contributed by atoms with Gasteiger partial charge in [-0.3, -0.25) is 4.79 Å². The van der Waals surface area contributed by atoms with Gasteiger partial charge >= 0.3 is 0 Å². The van der Waals surface area contributed by atoms with Crippen molar-refractivity contribution in [3.8, 4) is 5.69 Å². The lowest BCUT2D eigenvalue weighted by Crippen LogP contribution is -2.27. The van der Waals surface area contributed by atoms with Crippen molar-refractivity contribution in [3.63, 3.8) is 0 Å². The lowest BCUT2D eigenvalue weighted by atomic mass is 10.1. The molecule has 1 fully saturated rings. The Bertz CT molecular complexity index is 715. The summed E-state index contributed by atoms with van der Waals surface area (Å²) in [5.74, 6) is 0.0885. The van der Waals surface area contributed by atoms with E-state index in [0.717, 1.165) is 48.5 Å². The maximum atomic E-state index is 12.1. The zero-order valence-electron chi connectivity index (χ0n) is 15.3. The molecule has 2 atom stereocenters. The fraction of sp³-hybridized carbons (Fsp3) is 0.500. The standard InChI is InChI=1S/C20H27N3O2/c1-14-13-15(2)23(22-14)18-8-6-17(7-9-18)16(3)21-20(24)11-10-19-5-4-12-25-19/h6-9,13,16,19H,4-5,10-12H2,1-3H3,(H,21,24). The summed E-state index contributed by atoms with van der Waals surface area (Å²) in [6.07, 6.45) is 3.80. The number of aromatic nitrogens is 2. The Hall–Kier alpha value is -2.14. The minimum Gasteiger partial charge on any atom is -0.378 e. The van der Waals surface area contributed by atoms with Crippen LogP contribution in [0.2, 0.25) is 0 Å². The zero-order chi connectivity index (χ0) is 17.8. The number of nitrogens with zero attached hydrogens (tertiary/aromatic N) is 2. The molecular formula is C20H27N3O2. The summed E-state index contributed by atoms with van der Waals surface area (Å²) in [4.78, 5) is 12.1. The van der Waals surface area contributed by atoms with Gasteiger partial charge in [0.1, 0.15) is 0 Å². The quantitative estimate of drug-likeness (QED) is 0.873. The van der Waals surface area contributed by atoms with Gasteiger partial charge in [-0.2, -0.15) is 5.10 Å². The van der Waals surface area contributed by atoms with E-state index in [-0.39, 0.29) is 18.1 Å². The van der Waals surface area contributed by atoms with Crippen LogP contribution >= 0.6 is 0 Å². The summed E-state index contributed by atoms with van der Waals surface area (Å²) in [5.41, 5.74) is 4.25. The van der Waals surface area contributed by atoms with Crippen molar-refractivity contribution in [2.45, 2.75) is 58.6 Å². The molecule has 0 bridgehead atoms. The van der Waals surface area contributed by atoms with Crippen molar-refractivity contribution < 1.29 is 9.53 Å². The summed E-state index contributed by atoms with van der Waals surface area (Å²) in [7, 11) is 0. The summed E-state index contributed by atoms with van der Waals surface area (Å²) < 4.78 is 7.51. The number of carbonyl (C=O) groups is 1. The molecule has 1 aromatic carbocycles. The Balaban J connectivity index is 1.55. The molecule has 2 unspecified atom stereocenters. The summed E-state index contributed by atoms with van der Waals surface area (Å²) >= 11 is 0. The van der Waals surface area contributed by atoms with Gasteiger partial charge in [-0.1, -0.05) is 12.1 Å². The first-order chi connectivity index (χ1) is 12.0. The van der Waals surface area contributed by atoms with E-state index in [9.17, 15) is 4.79 Å². The van der Waals surface area contributed by atoms with Crippen molar-refractivity contribution in [1.29, 1.82) is 0 Å². The second-order valence-corrected chi connectivity index (χ2v) is 6.89. The van der Waals surface area contributed by atoms with Crippen LogP contribution in [0.3, 0.4) is 0 Å². The second-order valence-electron chi connectivity index (χ2n) is 6.89. The first-order valence-corrected chi connectivity index (χ1v) is 9.07. The summed E-state index contributed by atoms with van der Waals surface area (Å²) in [5, 5.41) is 7.58. The third kappa shape index (κ3) is 4.48. The number of rotatable bonds is 6. The number of carbonyl (C=O) groups excluding carboxylic acids is 1. The fourth-order valence-electron chi connectivity index (χ4n) is 3.36. The number of aryl methyl sites for hydroxylation is 2. The van der Waals surface area contributed by atoms with Crippen molar-refractivity contribution >= 4 is 5.91 Å². The zero-order valence-corrected chi connectivity index (χ0v) is 15.3. The van der Waals surface area contributed by atoms with Crippen LogP contribution in [0.4, 0.5) is 0 Å². The Kier molecular flexibility index (Phi) is 5.53. The van der Waals surface area contributed by atoms with Crippen LogP contribution in [0, 0.1) is 13.8 Å². The second kappa shape index (κ2) is 7.83. The molecule has 1 aromatic heterocycles. The molecular weight excluding hydrogens is 314 g/mol. The van der Waals surface area contributed by atoms with E-state index >= 15 is 0 Å². The Morgan fingerprint density at radius 2 is 2.12 bits per heavy atom. The number of ether oxygens (including phenoxy) is 1. The van der Waals surface area contributed by atoms with Gasteiger partial charge < -0.3 is 10.1 Å². The minimum absolute atomic E-state index is 0.00787. The van der Waals surface area contributed by atoms with Gasteiger partial charge in [-0.05, 0) is 63.8 Å². The minimum atomic E-state index is -0.00787. The Morgan fingerprint density at radius 3 is 2.72 bits per heavy atom. The molecule has 1 aliphatic heterocycles. The number of amides is 1. The first kappa shape index (κ1) is 17.7. The van der Waals surface area contributed by atoms with Crippen LogP contribution in [0.15, 0.2) is 30.3 Å². The molecule has 5 heteroatoms. The maximum Gasteiger partial charge on any atom is 0.220 e. The molecule has 0 aliphatic carbocycles. The number of hydrogen-bond donors (Lipinski definition) is 1. The number of nitrogens with one attached hydrogen (secondary N) is 1. The van der Waals surface area contributed by atoms with Crippen LogP contribution in [0.5, 0.6) is 0 Å².